The van der Waals surface area contributed by atoms with E-state index in [-0.39, 0.29) is 10.7 Å². The van der Waals surface area contributed by atoms with Crippen LogP contribution in [0.3, 0.4) is 0 Å². The molecule has 2 rings (SSSR count). The Labute approximate surface area is 157 Å². The fraction of sp³-hybridized carbons (Fsp3) is 0.500. The topological polar surface area (TPSA) is 104 Å². The van der Waals surface area contributed by atoms with Gasteiger partial charge in [0.05, 0.1) is 0 Å². The molecule has 0 spiro atoms. The van der Waals surface area contributed by atoms with E-state index in [1.54, 1.807) is 11.8 Å². The zero-order chi connectivity index (χ0) is 19.6. The first kappa shape index (κ1) is 22.0. The lowest BCUT2D eigenvalue weighted by atomic mass is 10.1. The molecule has 1 fully saturated rings. The summed E-state index contributed by atoms with van der Waals surface area (Å²) in [5.74, 6) is -3.68. The Morgan fingerprint density at radius 1 is 1.08 bits per heavy atom. The molecule has 1 aromatic rings. The number of nitrogens with zero attached hydrogens (tertiary/aromatic N) is 1. The van der Waals surface area contributed by atoms with Crippen LogP contribution < -0.4 is 0 Å². The standard InChI is InChI=1S/C16H23NO2S.C2H2O4/c1-17(2)12-13-19-15(18)16(10-6-7-11-16)20-14-8-4-3-5-9-14;3-1(4)2(5)6/h3-5,8-9H,6-7,10-13H2,1-2H3;(H,3,4)(H,5,6). The highest BCUT2D eigenvalue weighted by atomic mass is 32.2. The molecule has 1 aromatic carbocycles. The van der Waals surface area contributed by atoms with Crippen molar-refractivity contribution in [3.8, 4) is 0 Å². The van der Waals surface area contributed by atoms with Crippen LogP contribution in [0.4, 0.5) is 0 Å². The molecule has 0 saturated heterocycles. The molecular formula is C18H25NO6S. The largest absolute Gasteiger partial charge is 0.473 e. The SMILES string of the molecule is CN(C)CCOC(=O)C1(Sc2ccccc2)CCCC1.O=C(O)C(=O)O. The number of ether oxygens (including phenoxy) is 1. The van der Waals surface area contributed by atoms with Crippen LogP contribution in [0.1, 0.15) is 25.7 Å². The van der Waals surface area contributed by atoms with Crippen molar-refractivity contribution in [3.63, 3.8) is 0 Å². The summed E-state index contributed by atoms with van der Waals surface area (Å²) in [6, 6.07) is 10.2. The summed E-state index contributed by atoms with van der Waals surface area (Å²) >= 11 is 1.68. The second kappa shape index (κ2) is 10.8. The van der Waals surface area contributed by atoms with Gasteiger partial charge in [-0.05, 0) is 39.1 Å². The Morgan fingerprint density at radius 3 is 2.08 bits per heavy atom. The van der Waals surface area contributed by atoms with Crippen LogP contribution in [0.5, 0.6) is 0 Å². The van der Waals surface area contributed by atoms with Gasteiger partial charge in [0.15, 0.2) is 0 Å². The van der Waals surface area contributed by atoms with Gasteiger partial charge in [-0.1, -0.05) is 31.0 Å². The Morgan fingerprint density at radius 2 is 1.62 bits per heavy atom. The third-order valence-corrected chi connectivity index (χ3v) is 5.27. The number of hydrogen-bond acceptors (Lipinski definition) is 6. The first-order valence-electron chi connectivity index (χ1n) is 8.29. The van der Waals surface area contributed by atoms with Gasteiger partial charge in [0.1, 0.15) is 11.4 Å². The van der Waals surface area contributed by atoms with Crippen LogP contribution in [0.2, 0.25) is 0 Å². The van der Waals surface area contributed by atoms with E-state index in [1.807, 2.05) is 37.2 Å². The molecule has 0 heterocycles. The van der Waals surface area contributed by atoms with Crippen LogP contribution in [-0.2, 0) is 19.1 Å². The van der Waals surface area contributed by atoms with E-state index in [0.717, 1.165) is 37.1 Å². The molecule has 0 amide bonds. The molecule has 1 saturated carbocycles. The number of carbonyl (C=O) groups is 3. The van der Waals surface area contributed by atoms with Gasteiger partial charge in [-0.2, -0.15) is 0 Å². The molecule has 0 aliphatic heterocycles. The Balaban J connectivity index is 0.000000487. The fourth-order valence-electron chi connectivity index (χ4n) is 2.46. The monoisotopic (exact) mass is 383 g/mol. The van der Waals surface area contributed by atoms with Crippen molar-refractivity contribution in [2.75, 3.05) is 27.2 Å². The predicted molar refractivity (Wildman–Crippen MR) is 98.3 cm³/mol. The zero-order valence-electron chi connectivity index (χ0n) is 15.0. The van der Waals surface area contributed by atoms with Gasteiger partial charge >= 0.3 is 17.9 Å². The van der Waals surface area contributed by atoms with Gasteiger partial charge in [0.25, 0.3) is 0 Å². The summed E-state index contributed by atoms with van der Waals surface area (Å²) in [6.45, 7) is 1.25. The molecule has 8 heteroatoms. The van der Waals surface area contributed by atoms with Crippen molar-refractivity contribution in [1.29, 1.82) is 0 Å². The lowest BCUT2D eigenvalue weighted by molar-refractivity contribution is -0.159. The van der Waals surface area contributed by atoms with Crippen molar-refractivity contribution >= 4 is 29.7 Å². The minimum absolute atomic E-state index is 0.0364. The summed E-state index contributed by atoms with van der Waals surface area (Å²) in [4.78, 5) is 33.9. The highest BCUT2D eigenvalue weighted by Crippen LogP contribution is 2.46. The Hall–Kier alpha value is -2.06. The third kappa shape index (κ3) is 7.45. The molecule has 0 bridgehead atoms. The van der Waals surface area contributed by atoms with E-state index in [0.29, 0.717) is 6.61 Å². The molecular weight excluding hydrogens is 358 g/mol. The van der Waals surface area contributed by atoms with Crippen molar-refractivity contribution in [1.82, 2.24) is 4.90 Å². The summed E-state index contributed by atoms with van der Waals surface area (Å²) in [6.07, 6.45) is 4.08. The number of thioether (sulfide) groups is 1. The van der Waals surface area contributed by atoms with Gasteiger partial charge in [-0.25, -0.2) is 9.59 Å². The number of rotatable bonds is 6. The van der Waals surface area contributed by atoms with Crippen molar-refractivity contribution in [2.24, 2.45) is 0 Å². The quantitative estimate of drug-likeness (QED) is 0.570. The average molecular weight is 383 g/mol. The minimum atomic E-state index is -1.82. The maximum Gasteiger partial charge on any atom is 0.414 e. The predicted octanol–water partition coefficient (Wildman–Crippen LogP) is 2.35. The molecule has 0 aromatic heterocycles. The van der Waals surface area contributed by atoms with Gasteiger partial charge in [0.2, 0.25) is 0 Å². The highest BCUT2D eigenvalue weighted by molar-refractivity contribution is 8.01. The first-order chi connectivity index (χ1) is 12.3. The number of likely N-dealkylation sites (N-methyl/N-ethyl adjacent to an activating group) is 1. The van der Waals surface area contributed by atoms with Gasteiger partial charge in [-0.3, -0.25) is 4.79 Å². The molecule has 144 valence electrons. The second-order valence-electron chi connectivity index (χ2n) is 6.17. The summed E-state index contributed by atoms with van der Waals surface area (Å²) in [5, 5.41) is 14.8. The van der Waals surface area contributed by atoms with Gasteiger partial charge in [0, 0.05) is 11.4 Å². The maximum atomic E-state index is 12.5. The molecule has 0 radical (unpaired) electrons. The van der Waals surface area contributed by atoms with E-state index in [4.69, 9.17) is 24.5 Å². The molecule has 7 nitrogen and oxygen atoms in total. The van der Waals surface area contributed by atoms with Gasteiger partial charge in [-0.15, -0.1) is 11.8 Å². The van der Waals surface area contributed by atoms with Crippen molar-refractivity contribution in [3.05, 3.63) is 30.3 Å². The zero-order valence-corrected chi connectivity index (χ0v) is 15.8. The van der Waals surface area contributed by atoms with Crippen LogP contribution in [0.15, 0.2) is 35.2 Å². The smallest absolute Gasteiger partial charge is 0.414 e. The number of carbonyl (C=O) groups excluding carboxylic acids is 1. The Kier molecular flexibility index (Phi) is 9.15. The number of benzene rings is 1. The number of esters is 1. The van der Waals surface area contributed by atoms with E-state index in [1.165, 1.54) is 0 Å². The van der Waals surface area contributed by atoms with Crippen molar-refractivity contribution in [2.45, 2.75) is 35.3 Å². The lowest BCUT2D eigenvalue weighted by Gasteiger charge is -2.26. The summed E-state index contributed by atoms with van der Waals surface area (Å²) in [7, 11) is 3.97. The average Bonchev–Trinajstić information content (AvgIpc) is 3.05. The fourth-order valence-corrected chi connectivity index (χ4v) is 3.84. The Bertz CT molecular complexity index is 587. The summed E-state index contributed by atoms with van der Waals surface area (Å²) < 4.78 is 5.14. The van der Waals surface area contributed by atoms with Crippen LogP contribution in [0.25, 0.3) is 0 Å². The van der Waals surface area contributed by atoms with E-state index < -0.39 is 11.9 Å². The van der Waals surface area contributed by atoms with Crippen LogP contribution in [-0.4, -0.2) is 65.0 Å². The highest BCUT2D eigenvalue weighted by Gasteiger charge is 2.43. The van der Waals surface area contributed by atoms with E-state index in [2.05, 4.69) is 12.1 Å². The number of aliphatic carboxylic acids is 2. The number of hydrogen-bond donors (Lipinski definition) is 2. The van der Waals surface area contributed by atoms with Crippen LogP contribution >= 0.6 is 11.8 Å². The van der Waals surface area contributed by atoms with Gasteiger partial charge < -0.3 is 19.8 Å². The molecule has 0 atom stereocenters. The molecule has 1 aliphatic rings. The number of carboxylic acid groups (broad SMARTS) is 2. The molecule has 1 aliphatic carbocycles. The minimum Gasteiger partial charge on any atom is -0.473 e. The molecule has 26 heavy (non-hydrogen) atoms. The second-order valence-corrected chi connectivity index (χ2v) is 7.62. The van der Waals surface area contributed by atoms with Crippen LogP contribution in [0, 0.1) is 0 Å². The molecule has 2 N–H and O–H groups in total. The molecule has 0 unspecified atom stereocenters. The summed E-state index contributed by atoms with van der Waals surface area (Å²) in [5.41, 5.74) is 0. The van der Waals surface area contributed by atoms with E-state index in [9.17, 15) is 4.79 Å². The third-order valence-electron chi connectivity index (χ3n) is 3.79. The van der Waals surface area contributed by atoms with E-state index >= 15 is 0 Å². The van der Waals surface area contributed by atoms with Crippen molar-refractivity contribution < 1.29 is 29.3 Å². The first-order valence-corrected chi connectivity index (χ1v) is 9.11. The lowest BCUT2D eigenvalue weighted by Crippen LogP contribution is -2.35. The maximum absolute atomic E-state index is 12.5. The number of carboxylic acids is 2. The normalized spacial score (nSPS) is 15.0.